The normalized spacial score (nSPS) is 9.33. The largest absolute Gasteiger partial charge is 0.478 e. The summed E-state index contributed by atoms with van der Waals surface area (Å²) in [6, 6.07) is 0. The van der Waals surface area contributed by atoms with Gasteiger partial charge in [0.1, 0.15) is 0 Å². The molecule has 0 aromatic rings. The van der Waals surface area contributed by atoms with Crippen LogP contribution < -0.4 is 0 Å². The molecular weight excluding hydrogens is 276 g/mol. The van der Waals surface area contributed by atoms with Gasteiger partial charge in [-0.15, -0.1) is 13.2 Å². The van der Waals surface area contributed by atoms with Crippen LogP contribution in [-0.4, -0.2) is 59.4 Å². The molecule has 0 atom stereocenters. The van der Waals surface area contributed by atoms with Gasteiger partial charge in [-0.05, 0) is 6.42 Å². The van der Waals surface area contributed by atoms with Gasteiger partial charge in [0.05, 0.1) is 33.0 Å². The zero-order valence-electron chi connectivity index (χ0n) is 12.7. The molecule has 0 aliphatic rings. The number of rotatable bonds is 9. The minimum absolute atomic E-state index is 0.156. The van der Waals surface area contributed by atoms with E-state index in [2.05, 4.69) is 19.7 Å². The average Bonchev–Trinajstić information content (AvgIpc) is 2.52. The molecule has 0 aromatic carbocycles. The van der Waals surface area contributed by atoms with Gasteiger partial charge in [0.25, 0.3) is 0 Å². The molecular formula is C15H28O6. The Labute approximate surface area is 126 Å². The average molecular weight is 304 g/mol. The van der Waals surface area contributed by atoms with Gasteiger partial charge in [0.15, 0.2) is 0 Å². The molecule has 6 nitrogen and oxygen atoms in total. The van der Waals surface area contributed by atoms with E-state index in [1.54, 1.807) is 12.2 Å². The number of hydrogen-bond donors (Lipinski definition) is 4. The van der Waals surface area contributed by atoms with Gasteiger partial charge in [0.2, 0.25) is 0 Å². The molecule has 0 radical (unpaired) electrons. The summed E-state index contributed by atoms with van der Waals surface area (Å²) in [5, 5.41) is 33.6. The molecule has 0 fully saturated rings. The molecule has 0 spiro atoms. The fraction of sp³-hybridized carbons (Fsp3) is 0.533. The summed E-state index contributed by atoms with van der Waals surface area (Å²) in [4.78, 5) is 9.25. The maximum absolute atomic E-state index is 9.25. The highest BCUT2D eigenvalue weighted by Crippen LogP contribution is 2.18. The lowest BCUT2D eigenvalue weighted by Gasteiger charge is -2.24. The van der Waals surface area contributed by atoms with Gasteiger partial charge >= 0.3 is 5.97 Å². The molecule has 0 bridgehead atoms. The predicted molar refractivity (Wildman–Crippen MR) is 83.0 cm³/mol. The highest BCUT2D eigenvalue weighted by atomic mass is 16.5. The second-order valence-corrected chi connectivity index (χ2v) is 3.99. The van der Waals surface area contributed by atoms with Crippen molar-refractivity contribution >= 4 is 5.97 Å². The first-order valence-corrected chi connectivity index (χ1v) is 6.41. The van der Waals surface area contributed by atoms with Crippen LogP contribution in [0, 0.1) is 5.41 Å². The second-order valence-electron chi connectivity index (χ2n) is 3.99. The van der Waals surface area contributed by atoms with Crippen molar-refractivity contribution in [1.82, 2.24) is 0 Å². The highest BCUT2D eigenvalue weighted by Gasteiger charge is 2.24. The van der Waals surface area contributed by atoms with E-state index < -0.39 is 11.4 Å². The van der Waals surface area contributed by atoms with Crippen molar-refractivity contribution in [1.29, 1.82) is 0 Å². The van der Waals surface area contributed by atoms with Gasteiger partial charge < -0.3 is 25.2 Å². The van der Waals surface area contributed by atoms with E-state index in [1.165, 1.54) is 0 Å². The molecule has 4 N–H and O–H groups in total. The lowest BCUT2D eigenvalue weighted by Crippen LogP contribution is -2.32. The number of aliphatic hydroxyl groups is 3. The number of aliphatic hydroxyl groups excluding tert-OH is 3. The maximum Gasteiger partial charge on any atom is 0.327 e. The Balaban J connectivity index is -0.000000242. The molecule has 0 heterocycles. The maximum atomic E-state index is 9.25. The Morgan fingerprint density at radius 3 is 1.48 bits per heavy atom. The van der Waals surface area contributed by atoms with Gasteiger partial charge in [-0.25, -0.2) is 4.79 Å². The zero-order chi connectivity index (χ0) is 17.1. The molecule has 0 rings (SSSR count). The molecule has 0 aromatic heterocycles. The van der Waals surface area contributed by atoms with Crippen molar-refractivity contribution in [2.75, 3.05) is 33.0 Å². The van der Waals surface area contributed by atoms with Crippen molar-refractivity contribution in [3.05, 3.63) is 38.0 Å². The van der Waals surface area contributed by atoms with Crippen molar-refractivity contribution in [2.45, 2.75) is 13.3 Å². The van der Waals surface area contributed by atoms with E-state index in [0.717, 1.165) is 6.08 Å². The smallest absolute Gasteiger partial charge is 0.327 e. The van der Waals surface area contributed by atoms with Crippen molar-refractivity contribution in [3.63, 3.8) is 0 Å². The van der Waals surface area contributed by atoms with E-state index in [9.17, 15) is 4.79 Å². The van der Waals surface area contributed by atoms with E-state index >= 15 is 0 Å². The third kappa shape index (κ3) is 18.5. The van der Waals surface area contributed by atoms with Gasteiger partial charge in [0, 0.05) is 11.5 Å². The molecule has 6 heteroatoms. The van der Waals surface area contributed by atoms with Crippen LogP contribution >= 0.6 is 0 Å². The summed E-state index contributed by atoms with van der Waals surface area (Å²) in [5.41, 5.74) is -0.667. The van der Waals surface area contributed by atoms with Crippen LogP contribution in [-0.2, 0) is 9.53 Å². The van der Waals surface area contributed by atoms with Gasteiger partial charge in [-0.2, -0.15) is 0 Å². The van der Waals surface area contributed by atoms with Crippen LogP contribution in [0.4, 0.5) is 0 Å². The van der Waals surface area contributed by atoms with Crippen molar-refractivity contribution in [3.8, 4) is 0 Å². The summed E-state index contributed by atoms with van der Waals surface area (Å²) in [5.74, 6) is -0.981. The standard InChI is InChI=1S/C6H14O3.C6H10O.C3H4O2/c1-2-6(3-7,4-8)5-9;1-3-5-7-6-4-2;1-2-3(4)5/h7-9H,2-5H2,1H3;3-4H,1-2,5-6H2;2H,1H2,(H,4,5). The van der Waals surface area contributed by atoms with E-state index in [0.29, 0.717) is 19.6 Å². The number of carboxylic acid groups (broad SMARTS) is 1. The monoisotopic (exact) mass is 304 g/mol. The summed E-state index contributed by atoms with van der Waals surface area (Å²) in [6.07, 6.45) is 4.85. The van der Waals surface area contributed by atoms with Crippen molar-refractivity contribution in [2.24, 2.45) is 5.41 Å². The molecule has 0 saturated carbocycles. The first-order chi connectivity index (χ1) is 9.93. The fourth-order valence-electron chi connectivity index (χ4n) is 0.720. The number of hydrogen-bond acceptors (Lipinski definition) is 5. The Morgan fingerprint density at radius 2 is 1.38 bits per heavy atom. The van der Waals surface area contributed by atoms with Crippen LogP contribution in [0.1, 0.15) is 13.3 Å². The Bertz CT molecular complexity index is 246. The molecule has 0 saturated heterocycles. The summed E-state index contributed by atoms with van der Waals surface area (Å²) in [6.45, 7) is 12.5. The van der Waals surface area contributed by atoms with E-state index in [-0.39, 0.29) is 19.8 Å². The lowest BCUT2D eigenvalue weighted by atomic mass is 9.88. The van der Waals surface area contributed by atoms with Crippen LogP contribution in [0.25, 0.3) is 0 Å². The topological polar surface area (TPSA) is 107 Å². The summed E-state index contributed by atoms with van der Waals surface area (Å²) in [7, 11) is 0. The SMILES string of the molecule is C=CC(=O)O.C=CCOCC=C.CCC(CO)(CO)CO. The second kappa shape index (κ2) is 18.5. The quantitative estimate of drug-likeness (QED) is 0.287. The predicted octanol–water partition coefficient (Wildman–Crippen LogP) is 0.992. The fourth-order valence-corrected chi connectivity index (χ4v) is 0.720. The van der Waals surface area contributed by atoms with Gasteiger partial charge in [-0.1, -0.05) is 25.7 Å². The summed E-state index contributed by atoms with van der Waals surface area (Å²) < 4.78 is 4.90. The molecule has 0 amide bonds. The minimum atomic E-state index is -0.981. The van der Waals surface area contributed by atoms with Crippen LogP contribution in [0.5, 0.6) is 0 Å². The first-order valence-electron chi connectivity index (χ1n) is 6.41. The van der Waals surface area contributed by atoms with Crippen LogP contribution in [0.2, 0.25) is 0 Å². The third-order valence-corrected chi connectivity index (χ3v) is 2.40. The number of carbonyl (C=O) groups is 1. The molecule has 21 heavy (non-hydrogen) atoms. The number of carboxylic acids is 1. The van der Waals surface area contributed by atoms with Crippen LogP contribution in [0.3, 0.4) is 0 Å². The molecule has 124 valence electrons. The molecule has 0 aliphatic carbocycles. The van der Waals surface area contributed by atoms with E-state index in [1.807, 2.05) is 6.92 Å². The first kappa shape index (κ1) is 24.5. The Morgan fingerprint density at radius 1 is 1.05 bits per heavy atom. The van der Waals surface area contributed by atoms with Crippen molar-refractivity contribution < 1.29 is 30.0 Å². The van der Waals surface area contributed by atoms with Crippen LogP contribution in [0.15, 0.2) is 38.0 Å². The third-order valence-electron chi connectivity index (χ3n) is 2.40. The Kier molecular flexibility index (Phi) is 21.7. The lowest BCUT2D eigenvalue weighted by molar-refractivity contribution is -0.131. The minimum Gasteiger partial charge on any atom is -0.478 e. The number of aliphatic carboxylic acids is 1. The van der Waals surface area contributed by atoms with E-state index in [4.69, 9.17) is 25.2 Å². The molecule has 0 unspecified atom stereocenters. The summed E-state index contributed by atoms with van der Waals surface area (Å²) >= 11 is 0. The highest BCUT2D eigenvalue weighted by molar-refractivity contribution is 5.78. The van der Waals surface area contributed by atoms with Gasteiger partial charge in [-0.3, -0.25) is 0 Å². The Hall–Kier alpha value is -1.47. The zero-order valence-corrected chi connectivity index (χ0v) is 12.7. The molecule has 0 aliphatic heterocycles. The number of ether oxygens (including phenoxy) is 1.